The number of halogens is 1. The summed E-state index contributed by atoms with van der Waals surface area (Å²) < 4.78 is 10.3. The summed E-state index contributed by atoms with van der Waals surface area (Å²) in [5.74, 6) is 1.80. The largest absolute Gasteiger partial charge is 0.495 e. The van der Waals surface area contributed by atoms with Gasteiger partial charge in [-0.25, -0.2) is 4.98 Å². The zero-order valence-corrected chi connectivity index (χ0v) is 10.2. The predicted molar refractivity (Wildman–Crippen MR) is 59.6 cm³/mol. The fraction of sp³-hybridized carbons (Fsp3) is 0.500. The van der Waals surface area contributed by atoms with Gasteiger partial charge in [-0.1, -0.05) is 22.9 Å². The number of methoxy groups -OCH3 is 2. The van der Waals surface area contributed by atoms with Crippen LogP contribution in [0.25, 0.3) is 0 Å². The molecule has 0 spiro atoms. The average molecular weight is 260 g/mol. The summed E-state index contributed by atoms with van der Waals surface area (Å²) in [5.41, 5.74) is 1.11. The summed E-state index contributed by atoms with van der Waals surface area (Å²) in [4.78, 5) is 4.08. The highest BCUT2D eigenvalue weighted by Crippen LogP contribution is 2.29. The van der Waals surface area contributed by atoms with Crippen molar-refractivity contribution in [1.29, 1.82) is 0 Å². The third-order valence-corrected chi connectivity index (χ3v) is 3.04. The van der Waals surface area contributed by atoms with Crippen LogP contribution in [0.5, 0.6) is 11.6 Å². The normalized spacial score (nSPS) is 12.3. The Bertz CT molecular complexity index is 304. The van der Waals surface area contributed by atoms with Crippen molar-refractivity contribution in [1.82, 2.24) is 4.98 Å². The van der Waals surface area contributed by atoms with Crippen LogP contribution in [0.1, 0.15) is 18.4 Å². The molecule has 78 valence electrons. The molecule has 4 heteroatoms. The predicted octanol–water partition coefficient (Wildman–Crippen LogP) is 2.60. The van der Waals surface area contributed by atoms with Gasteiger partial charge >= 0.3 is 0 Å². The summed E-state index contributed by atoms with van der Waals surface area (Å²) >= 11 is 3.44. The van der Waals surface area contributed by atoms with E-state index in [-0.39, 0.29) is 0 Å². The minimum Gasteiger partial charge on any atom is -0.495 e. The second-order valence-corrected chi connectivity index (χ2v) is 3.67. The van der Waals surface area contributed by atoms with E-state index in [9.17, 15) is 0 Å². The molecule has 0 bridgehead atoms. The van der Waals surface area contributed by atoms with E-state index in [0.29, 0.717) is 11.8 Å². The van der Waals surface area contributed by atoms with Crippen molar-refractivity contribution >= 4 is 15.9 Å². The monoisotopic (exact) mass is 259 g/mol. The van der Waals surface area contributed by atoms with Gasteiger partial charge in [0.05, 0.1) is 20.4 Å². The Kier molecular flexibility index (Phi) is 4.20. The van der Waals surface area contributed by atoms with Gasteiger partial charge in [0.15, 0.2) is 0 Å². The third-order valence-electron chi connectivity index (χ3n) is 2.06. The SMILES string of the molecule is COc1cc(C(C)CBr)c(OC)cn1. The van der Waals surface area contributed by atoms with Crippen LogP contribution in [0.15, 0.2) is 12.3 Å². The molecule has 1 atom stereocenters. The van der Waals surface area contributed by atoms with Crippen LogP contribution in [0.4, 0.5) is 0 Å². The Hall–Kier alpha value is -0.770. The van der Waals surface area contributed by atoms with Crippen molar-refractivity contribution in [2.75, 3.05) is 19.5 Å². The first-order valence-corrected chi connectivity index (χ1v) is 5.49. The van der Waals surface area contributed by atoms with Crippen LogP contribution < -0.4 is 9.47 Å². The molecule has 0 saturated carbocycles. The molecule has 0 amide bonds. The molecule has 14 heavy (non-hydrogen) atoms. The fourth-order valence-electron chi connectivity index (χ4n) is 1.19. The highest BCUT2D eigenvalue weighted by Gasteiger charge is 2.12. The number of nitrogens with zero attached hydrogens (tertiary/aromatic N) is 1. The van der Waals surface area contributed by atoms with Gasteiger partial charge in [0, 0.05) is 17.0 Å². The van der Waals surface area contributed by atoms with Gasteiger partial charge in [0.2, 0.25) is 5.88 Å². The minimum absolute atomic E-state index is 0.377. The zero-order chi connectivity index (χ0) is 10.6. The molecule has 1 rings (SSSR count). The molecule has 0 aliphatic carbocycles. The number of rotatable bonds is 4. The number of ether oxygens (including phenoxy) is 2. The van der Waals surface area contributed by atoms with Crippen molar-refractivity contribution in [2.24, 2.45) is 0 Å². The Morgan fingerprint density at radius 3 is 2.64 bits per heavy atom. The first-order valence-electron chi connectivity index (χ1n) is 4.36. The maximum Gasteiger partial charge on any atom is 0.213 e. The minimum atomic E-state index is 0.377. The molecule has 1 aromatic heterocycles. The molecular formula is C10H14BrNO2. The van der Waals surface area contributed by atoms with E-state index in [0.717, 1.165) is 16.6 Å². The van der Waals surface area contributed by atoms with Gasteiger partial charge < -0.3 is 9.47 Å². The molecule has 1 unspecified atom stereocenters. The van der Waals surface area contributed by atoms with Crippen LogP contribution >= 0.6 is 15.9 Å². The summed E-state index contributed by atoms with van der Waals surface area (Å²) in [6, 6.07) is 1.91. The van der Waals surface area contributed by atoms with E-state index >= 15 is 0 Å². The number of pyridine rings is 1. The van der Waals surface area contributed by atoms with Gasteiger partial charge in [-0.3, -0.25) is 0 Å². The van der Waals surface area contributed by atoms with Crippen molar-refractivity contribution in [3.05, 3.63) is 17.8 Å². The highest BCUT2D eigenvalue weighted by atomic mass is 79.9. The first-order chi connectivity index (χ1) is 6.72. The number of aromatic nitrogens is 1. The van der Waals surface area contributed by atoms with Gasteiger partial charge in [-0.05, 0) is 5.92 Å². The molecule has 0 aliphatic heterocycles. The fourth-order valence-corrected chi connectivity index (χ4v) is 1.54. The van der Waals surface area contributed by atoms with E-state index in [1.54, 1.807) is 20.4 Å². The van der Waals surface area contributed by atoms with Crippen molar-refractivity contribution < 1.29 is 9.47 Å². The van der Waals surface area contributed by atoms with Crippen LogP contribution in [-0.2, 0) is 0 Å². The number of alkyl halides is 1. The lowest BCUT2D eigenvalue weighted by Crippen LogP contribution is -2.00. The molecule has 0 aliphatic rings. The van der Waals surface area contributed by atoms with Crippen LogP contribution in [0, 0.1) is 0 Å². The maximum absolute atomic E-state index is 5.23. The smallest absolute Gasteiger partial charge is 0.213 e. The quantitative estimate of drug-likeness (QED) is 0.780. The summed E-state index contributed by atoms with van der Waals surface area (Å²) in [6.45, 7) is 2.12. The first kappa shape index (κ1) is 11.3. The Morgan fingerprint density at radius 1 is 1.43 bits per heavy atom. The topological polar surface area (TPSA) is 31.4 Å². The molecule has 0 fully saturated rings. The van der Waals surface area contributed by atoms with E-state index in [2.05, 4.69) is 27.8 Å². The molecule has 0 aromatic carbocycles. The molecule has 0 saturated heterocycles. The Labute approximate surface area is 92.6 Å². The van der Waals surface area contributed by atoms with Crippen molar-refractivity contribution in [3.8, 4) is 11.6 Å². The maximum atomic E-state index is 5.23. The van der Waals surface area contributed by atoms with Gasteiger partial charge in [0.25, 0.3) is 0 Å². The van der Waals surface area contributed by atoms with Gasteiger partial charge in [0.1, 0.15) is 5.75 Å². The highest BCUT2D eigenvalue weighted by molar-refractivity contribution is 9.09. The lowest BCUT2D eigenvalue weighted by Gasteiger charge is -2.13. The lowest BCUT2D eigenvalue weighted by molar-refractivity contribution is 0.383. The van der Waals surface area contributed by atoms with Crippen molar-refractivity contribution in [3.63, 3.8) is 0 Å². The zero-order valence-electron chi connectivity index (χ0n) is 8.58. The summed E-state index contributed by atoms with van der Waals surface area (Å²) in [7, 11) is 3.26. The molecule has 3 nitrogen and oxygen atoms in total. The third kappa shape index (κ3) is 2.38. The van der Waals surface area contributed by atoms with E-state index in [1.165, 1.54) is 0 Å². The Balaban J connectivity index is 3.08. The van der Waals surface area contributed by atoms with Crippen LogP contribution in [0.3, 0.4) is 0 Å². The summed E-state index contributed by atoms with van der Waals surface area (Å²) in [5, 5.41) is 0.885. The Morgan fingerprint density at radius 2 is 2.14 bits per heavy atom. The second kappa shape index (κ2) is 5.20. The number of hydrogen-bond acceptors (Lipinski definition) is 3. The van der Waals surface area contributed by atoms with E-state index < -0.39 is 0 Å². The van der Waals surface area contributed by atoms with Gasteiger partial charge in [-0.2, -0.15) is 0 Å². The molecular weight excluding hydrogens is 246 g/mol. The van der Waals surface area contributed by atoms with Crippen LogP contribution in [0.2, 0.25) is 0 Å². The summed E-state index contributed by atoms with van der Waals surface area (Å²) in [6.07, 6.45) is 1.69. The second-order valence-electron chi connectivity index (χ2n) is 3.02. The molecule has 1 aromatic rings. The van der Waals surface area contributed by atoms with E-state index in [4.69, 9.17) is 9.47 Å². The molecule has 0 N–H and O–H groups in total. The standard InChI is InChI=1S/C10H14BrNO2/c1-7(5-11)8-4-10(14-3)12-6-9(8)13-2/h4,6-7H,5H2,1-3H3. The van der Waals surface area contributed by atoms with Gasteiger partial charge in [-0.15, -0.1) is 0 Å². The van der Waals surface area contributed by atoms with Crippen molar-refractivity contribution in [2.45, 2.75) is 12.8 Å². The molecule has 1 heterocycles. The van der Waals surface area contributed by atoms with E-state index in [1.807, 2.05) is 6.07 Å². The number of hydrogen-bond donors (Lipinski definition) is 0. The lowest BCUT2D eigenvalue weighted by atomic mass is 10.0. The van der Waals surface area contributed by atoms with Crippen LogP contribution in [-0.4, -0.2) is 24.5 Å². The average Bonchev–Trinajstić information content (AvgIpc) is 2.27. The molecule has 0 radical (unpaired) electrons.